The van der Waals surface area contributed by atoms with Gasteiger partial charge in [0.05, 0.1) is 0 Å². The van der Waals surface area contributed by atoms with Gasteiger partial charge in [0.1, 0.15) is 5.75 Å². The molecule has 0 spiro atoms. The van der Waals surface area contributed by atoms with Gasteiger partial charge in [-0.2, -0.15) is 0 Å². The maximum atomic E-state index is 11.9. The van der Waals surface area contributed by atoms with Gasteiger partial charge in [0.2, 0.25) is 0 Å². The smallest absolute Gasteiger partial charge is 0.260 e. The number of amides is 1. The zero-order valence-electron chi connectivity index (χ0n) is 12.7. The summed E-state index contributed by atoms with van der Waals surface area (Å²) in [6, 6.07) is 6.27. The molecule has 1 N–H and O–H groups in total. The summed E-state index contributed by atoms with van der Waals surface area (Å²) < 4.78 is 6.68. The summed E-state index contributed by atoms with van der Waals surface area (Å²) in [5, 5.41) is 3.36. The number of hydrogen-bond acceptors (Lipinski definition) is 3. The number of ether oxygens (including phenoxy) is 1. The van der Waals surface area contributed by atoms with E-state index in [4.69, 9.17) is 4.74 Å². The van der Waals surface area contributed by atoms with Gasteiger partial charge < -0.3 is 15.0 Å². The topological polar surface area (TPSA) is 41.6 Å². The van der Waals surface area contributed by atoms with E-state index in [-0.39, 0.29) is 12.5 Å². The molecule has 1 aromatic carbocycles. The van der Waals surface area contributed by atoms with Gasteiger partial charge in [-0.25, -0.2) is 0 Å². The van der Waals surface area contributed by atoms with Crippen molar-refractivity contribution in [1.29, 1.82) is 0 Å². The zero-order valence-corrected chi connectivity index (χ0v) is 14.3. The molecule has 0 aliphatic heterocycles. The lowest BCUT2D eigenvalue weighted by Crippen LogP contribution is -2.33. The van der Waals surface area contributed by atoms with E-state index in [1.165, 1.54) is 0 Å². The van der Waals surface area contributed by atoms with Crippen molar-refractivity contribution in [3.8, 4) is 5.75 Å². The summed E-state index contributed by atoms with van der Waals surface area (Å²) in [6.45, 7) is 4.03. The first kappa shape index (κ1) is 16.3. The number of benzene rings is 1. The minimum atomic E-state index is 0.0473. The van der Waals surface area contributed by atoms with Crippen LogP contribution in [0.4, 0.5) is 0 Å². The highest BCUT2D eigenvalue weighted by Crippen LogP contribution is 2.26. The normalized spacial score (nSPS) is 14.0. The van der Waals surface area contributed by atoms with Gasteiger partial charge in [-0.05, 0) is 49.6 Å². The van der Waals surface area contributed by atoms with E-state index in [0.717, 1.165) is 48.1 Å². The summed E-state index contributed by atoms with van der Waals surface area (Å²) in [5.74, 6) is 0.787. The van der Waals surface area contributed by atoms with Crippen LogP contribution in [-0.4, -0.2) is 37.0 Å². The maximum Gasteiger partial charge on any atom is 0.260 e. The fourth-order valence-corrected chi connectivity index (χ4v) is 2.48. The van der Waals surface area contributed by atoms with Gasteiger partial charge >= 0.3 is 0 Å². The van der Waals surface area contributed by atoms with Gasteiger partial charge in [0.15, 0.2) is 6.61 Å². The second-order valence-electron chi connectivity index (χ2n) is 5.45. The molecule has 2 rings (SSSR count). The number of halogens is 1. The highest BCUT2D eigenvalue weighted by Gasteiger charge is 2.29. The molecule has 0 heterocycles. The Morgan fingerprint density at radius 3 is 2.90 bits per heavy atom. The van der Waals surface area contributed by atoms with Crippen LogP contribution < -0.4 is 10.1 Å². The Bertz CT molecular complexity index is 489. The number of nitrogens with zero attached hydrogens (tertiary/aromatic N) is 1. The van der Waals surface area contributed by atoms with Crippen LogP contribution in [0.5, 0.6) is 5.75 Å². The number of carbonyl (C=O) groups excluding carboxylic acids is 1. The zero-order chi connectivity index (χ0) is 15.2. The number of likely N-dealkylation sites (N-methyl/N-ethyl adjacent to an activating group) is 1. The molecule has 1 aromatic rings. The molecule has 0 atom stereocenters. The molecule has 5 heteroatoms. The SMILES string of the molecule is CCCNCc1cc(OCC(=O)N(C)C2CC2)ccc1Br. The minimum Gasteiger partial charge on any atom is -0.484 e. The largest absolute Gasteiger partial charge is 0.484 e. The van der Waals surface area contributed by atoms with E-state index < -0.39 is 0 Å². The van der Waals surface area contributed by atoms with E-state index in [1.807, 2.05) is 25.2 Å². The minimum absolute atomic E-state index is 0.0473. The predicted octanol–water partition coefficient (Wildman–Crippen LogP) is 2.95. The average Bonchev–Trinajstić information content (AvgIpc) is 3.31. The third-order valence-corrected chi connectivity index (χ3v) is 4.38. The molecule has 116 valence electrons. The first-order chi connectivity index (χ1) is 10.1. The summed E-state index contributed by atoms with van der Waals surface area (Å²) in [5.41, 5.74) is 1.14. The van der Waals surface area contributed by atoms with Crippen LogP contribution in [-0.2, 0) is 11.3 Å². The Balaban J connectivity index is 1.87. The highest BCUT2D eigenvalue weighted by atomic mass is 79.9. The van der Waals surface area contributed by atoms with Crippen molar-refractivity contribution in [2.75, 3.05) is 20.2 Å². The molecular weight excluding hydrogens is 332 g/mol. The second-order valence-corrected chi connectivity index (χ2v) is 6.31. The van der Waals surface area contributed by atoms with Gasteiger partial charge in [-0.15, -0.1) is 0 Å². The van der Waals surface area contributed by atoms with Crippen molar-refractivity contribution in [2.24, 2.45) is 0 Å². The molecule has 1 aliphatic rings. The highest BCUT2D eigenvalue weighted by molar-refractivity contribution is 9.10. The van der Waals surface area contributed by atoms with Gasteiger partial charge in [0, 0.05) is 24.1 Å². The molecule has 1 fully saturated rings. The number of rotatable bonds is 8. The standard InChI is InChI=1S/C16H23BrN2O2/c1-3-8-18-10-12-9-14(6-7-15(12)17)21-11-16(20)19(2)13-4-5-13/h6-7,9,13,18H,3-5,8,10-11H2,1-2H3. The Hall–Kier alpha value is -1.07. The monoisotopic (exact) mass is 354 g/mol. The van der Waals surface area contributed by atoms with E-state index in [1.54, 1.807) is 4.90 Å². The third-order valence-electron chi connectivity index (χ3n) is 3.61. The molecule has 1 amide bonds. The van der Waals surface area contributed by atoms with Crippen LogP contribution in [0.25, 0.3) is 0 Å². The van der Waals surface area contributed by atoms with Crippen molar-refractivity contribution in [1.82, 2.24) is 10.2 Å². The van der Waals surface area contributed by atoms with Crippen LogP contribution >= 0.6 is 15.9 Å². The number of carbonyl (C=O) groups is 1. The van der Waals surface area contributed by atoms with Crippen molar-refractivity contribution in [2.45, 2.75) is 38.8 Å². The molecular formula is C16H23BrN2O2. The van der Waals surface area contributed by atoms with Gasteiger partial charge in [0.25, 0.3) is 5.91 Å². The van der Waals surface area contributed by atoms with E-state index in [9.17, 15) is 4.79 Å². The van der Waals surface area contributed by atoms with Crippen LogP contribution in [0.15, 0.2) is 22.7 Å². The molecule has 0 bridgehead atoms. The van der Waals surface area contributed by atoms with Crippen LogP contribution in [0.3, 0.4) is 0 Å². The molecule has 0 unspecified atom stereocenters. The van der Waals surface area contributed by atoms with E-state index in [2.05, 4.69) is 28.2 Å². The lowest BCUT2D eigenvalue weighted by Gasteiger charge is -2.17. The Labute approximate surface area is 135 Å². The predicted molar refractivity (Wildman–Crippen MR) is 87.4 cm³/mol. The average molecular weight is 355 g/mol. The number of hydrogen-bond donors (Lipinski definition) is 1. The second kappa shape index (κ2) is 7.80. The first-order valence-corrected chi connectivity index (χ1v) is 8.28. The Kier molecular flexibility index (Phi) is 6.06. The van der Waals surface area contributed by atoms with Crippen molar-refractivity contribution in [3.63, 3.8) is 0 Å². The summed E-state index contributed by atoms with van der Waals surface area (Å²) in [7, 11) is 1.85. The lowest BCUT2D eigenvalue weighted by atomic mass is 10.2. The molecule has 21 heavy (non-hydrogen) atoms. The third kappa shape index (κ3) is 5.00. The van der Waals surface area contributed by atoms with Crippen molar-refractivity contribution in [3.05, 3.63) is 28.2 Å². The molecule has 1 aliphatic carbocycles. The molecule has 0 aromatic heterocycles. The maximum absolute atomic E-state index is 11.9. The molecule has 0 radical (unpaired) electrons. The Morgan fingerprint density at radius 1 is 1.48 bits per heavy atom. The summed E-state index contributed by atoms with van der Waals surface area (Å²) in [4.78, 5) is 13.7. The quantitative estimate of drug-likeness (QED) is 0.729. The summed E-state index contributed by atoms with van der Waals surface area (Å²) in [6.07, 6.45) is 3.34. The number of nitrogens with one attached hydrogen (secondary N) is 1. The van der Waals surface area contributed by atoms with Gasteiger partial charge in [-0.3, -0.25) is 4.79 Å². The molecule has 0 saturated heterocycles. The van der Waals surface area contributed by atoms with Crippen LogP contribution in [0.2, 0.25) is 0 Å². The van der Waals surface area contributed by atoms with Crippen molar-refractivity contribution >= 4 is 21.8 Å². The molecule has 4 nitrogen and oxygen atoms in total. The fraction of sp³-hybridized carbons (Fsp3) is 0.562. The van der Waals surface area contributed by atoms with E-state index >= 15 is 0 Å². The van der Waals surface area contributed by atoms with Crippen molar-refractivity contribution < 1.29 is 9.53 Å². The fourth-order valence-electron chi connectivity index (χ4n) is 2.09. The molecule has 1 saturated carbocycles. The van der Waals surface area contributed by atoms with E-state index in [0.29, 0.717) is 6.04 Å². The first-order valence-electron chi connectivity index (χ1n) is 7.49. The van der Waals surface area contributed by atoms with Crippen LogP contribution in [0, 0.1) is 0 Å². The Morgan fingerprint density at radius 2 is 2.24 bits per heavy atom. The van der Waals surface area contributed by atoms with Crippen LogP contribution in [0.1, 0.15) is 31.7 Å². The summed E-state index contributed by atoms with van der Waals surface area (Å²) >= 11 is 3.54. The van der Waals surface area contributed by atoms with Gasteiger partial charge in [-0.1, -0.05) is 22.9 Å². The lowest BCUT2D eigenvalue weighted by molar-refractivity contribution is -0.132.